The number of allylic oxidation sites excluding steroid dienone is 6. The number of rotatable bonds is 0. The van der Waals surface area contributed by atoms with Gasteiger partial charge in [-0.3, -0.25) is 4.79 Å². The summed E-state index contributed by atoms with van der Waals surface area (Å²) in [5, 5.41) is 0. The van der Waals surface area contributed by atoms with Crippen molar-refractivity contribution < 1.29 is 4.79 Å². The molecule has 1 nitrogen and oxygen atoms in total. The first kappa shape index (κ1) is 11.7. The van der Waals surface area contributed by atoms with E-state index >= 15 is 0 Å². The van der Waals surface area contributed by atoms with Crippen molar-refractivity contribution >= 4 is 5.78 Å². The van der Waals surface area contributed by atoms with E-state index in [0.717, 1.165) is 24.3 Å². The SMILES string of the molecule is C[C@@]12C=CC=C1C1=C(CC2)[C@H]2CCCCC2CC1=O. The molecule has 0 aromatic carbocycles. The van der Waals surface area contributed by atoms with Crippen LogP contribution in [0.4, 0.5) is 0 Å². The molecule has 0 spiro atoms. The van der Waals surface area contributed by atoms with E-state index in [2.05, 4.69) is 25.2 Å². The fourth-order valence-corrected chi connectivity index (χ4v) is 4.87. The third-order valence-corrected chi connectivity index (χ3v) is 5.93. The highest BCUT2D eigenvalue weighted by Gasteiger charge is 2.45. The monoisotopic (exact) mass is 254 g/mol. The summed E-state index contributed by atoms with van der Waals surface area (Å²) in [5.74, 6) is 1.84. The summed E-state index contributed by atoms with van der Waals surface area (Å²) in [7, 11) is 0. The molecule has 0 bridgehead atoms. The molecule has 0 heterocycles. The van der Waals surface area contributed by atoms with Gasteiger partial charge >= 0.3 is 0 Å². The molecule has 4 aliphatic rings. The van der Waals surface area contributed by atoms with Crippen molar-refractivity contribution in [1.82, 2.24) is 0 Å². The van der Waals surface area contributed by atoms with Gasteiger partial charge in [-0.15, -0.1) is 0 Å². The van der Waals surface area contributed by atoms with Gasteiger partial charge in [0, 0.05) is 17.4 Å². The highest BCUT2D eigenvalue weighted by molar-refractivity contribution is 6.02. The molecular formula is C18H22O. The fourth-order valence-electron chi connectivity index (χ4n) is 4.87. The van der Waals surface area contributed by atoms with Crippen LogP contribution in [0.2, 0.25) is 0 Å². The minimum absolute atomic E-state index is 0.149. The first-order valence-corrected chi connectivity index (χ1v) is 7.86. The Morgan fingerprint density at radius 1 is 1.26 bits per heavy atom. The molecule has 1 unspecified atom stereocenters. The van der Waals surface area contributed by atoms with Gasteiger partial charge in [0.25, 0.3) is 0 Å². The Morgan fingerprint density at radius 3 is 3.00 bits per heavy atom. The number of carbonyl (C=O) groups is 1. The molecule has 0 amide bonds. The minimum atomic E-state index is 0.149. The zero-order chi connectivity index (χ0) is 13.0. The van der Waals surface area contributed by atoms with Crippen molar-refractivity contribution in [1.29, 1.82) is 0 Å². The average molecular weight is 254 g/mol. The van der Waals surface area contributed by atoms with Gasteiger partial charge in [-0.25, -0.2) is 0 Å². The summed E-state index contributed by atoms with van der Waals surface area (Å²) in [6.07, 6.45) is 15.1. The van der Waals surface area contributed by atoms with Crippen molar-refractivity contribution in [3.8, 4) is 0 Å². The second-order valence-electron chi connectivity index (χ2n) is 7.04. The molecule has 0 radical (unpaired) electrons. The normalized spacial score (nSPS) is 40.7. The molecule has 0 saturated heterocycles. The molecule has 1 fully saturated rings. The smallest absolute Gasteiger partial charge is 0.163 e. The number of ketones is 1. The molecule has 0 aliphatic heterocycles. The van der Waals surface area contributed by atoms with Crippen molar-refractivity contribution in [3.05, 3.63) is 34.9 Å². The molecule has 0 N–H and O–H groups in total. The lowest BCUT2D eigenvalue weighted by Gasteiger charge is -2.44. The summed E-state index contributed by atoms with van der Waals surface area (Å²) in [4.78, 5) is 12.6. The molecule has 4 aliphatic carbocycles. The Morgan fingerprint density at radius 2 is 2.11 bits per heavy atom. The lowest BCUT2D eigenvalue weighted by molar-refractivity contribution is -0.117. The van der Waals surface area contributed by atoms with E-state index in [1.165, 1.54) is 43.3 Å². The maximum absolute atomic E-state index is 12.6. The highest BCUT2D eigenvalue weighted by atomic mass is 16.1. The van der Waals surface area contributed by atoms with Crippen LogP contribution in [-0.4, -0.2) is 5.78 Å². The standard InChI is InChI=1S/C18H22O/c1-18-9-4-7-15(18)17-14(8-10-18)13-6-3-2-5-12(13)11-16(17)19/h4,7,9,12-13H,2-3,5-6,8,10-11H2,1H3/t12?,13-,18-/m0/s1. The third-order valence-electron chi connectivity index (χ3n) is 5.93. The van der Waals surface area contributed by atoms with Crippen LogP contribution in [0.15, 0.2) is 34.9 Å². The zero-order valence-electron chi connectivity index (χ0n) is 11.7. The van der Waals surface area contributed by atoms with Gasteiger partial charge in [-0.2, -0.15) is 0 Å². The molecule has 1 saturated carbocycles. The van der Waals surface area contributed by atoms with Crippen molar-refractivity contribution in [2.75, 3.05) is 0 Å². The second kappa shape index (κ2) is 3.94. The molecule has 100 valence electrons. The van der Waals surface area contributed by atoms with Gasteiger partial charge < -0.3 is 0 Å². The van der Waals surface area contributed by atoms with Crippen LogP contribution in [0, 0.1) is 17.3 Å². The number of carbonyl (C=O) groups excluding carboxylic acids is 1. The van der Waals surface area contributed by atoms with E-state index in [1.807, 2.05) is 0 Å². The number of hydrogen-bond acceptors (Lipinski definition) is 1. The van der Waals surface area contributed by atoms with Crippen molar-refractivity contribution in [2.24, 2.45) is 17.3 Å². The van der Waals surface area contributed by atoms with E-state index in [0.29, 0.717) is 11.7 Å². The largest absolute Gasteiger partial charge is 0.294 e. The summed E-state index contributed by atoms with van der Waals surface area (Å²) in [5.41, 5.74) is 4.17. The quantitative estimate of drug-likeness (QED) is 0.628. The summed E-state index contributed by atoms with van der Waals surface area (Å²) in [6.45, 7) is 2.30. The van der Waals surface area contributed by atoms with Crippen LogP contribution in [0.25, 0.3) is 0 Å². The Hall–Kier alpha value is -1.11. The molecular weight excluding hydrogens is 232 g/mol. The first-order valence-electron chi connectivity index (χ1n) is 7.86. The highest BCUT2D eigenvalue weighted by Crippen LogP contribution is 2.54. The summed E-state index contributed by atoms with van der Waals surface area (Å²) in [6, 6.07) is 0. The maximum Gasteiger partial charge on any atom is 0.163 e. The van der Waals surface area contributed by atoms with Gasteiger partial charge in [0.15, 0.2) is 5.78 Å². The van der Waals surface area contributed by atoms with E-state index < -0.39 is 0 Å². The number of fused-ring (bicyclic) bond motifs is 4. The van der Waals surface area contributed by atoms with E-state index in [9.17, 15) is 4.79 Å². The molecule has 0 aromatic heterocycles. The van der Waals surface area contributed by atoms with Gasteiger partial charge in [-0.1, -0.05) is 43.6 Å². The van der Waals surface area contributed by atoms with Crippen molar-refractivity contribution in [2.45, 2.75) is 51.9 Å². The van der Waals surface area contributed by atoms with E-state index in [-0.39, 0.29) is 5.41 Å². The van der Waals surface area contributed by atoms with Crippen LogP contribution >= 0.6 is 0 Å². The lowest BCUT2D eigenvalue weighted by atomic mass is 9.59. The van der Waals surface area contributed by atoms with Gasteiger partial charge in [0.2, 0.25) is 0 Å². The first-order chi connectivity index (χ1) is 9.19. The van der Waals surface area contributed by atoms with Crippen LogP contribution in [0.1, 0.15) is 51.9 Å². The fraction of sp³-hybridized carbons (Fsp3) is 0.611. The van der Waals surface area contributed by atoms with Gasteiger partial charge in [-0.05, 0) is 43.1 Å². The average Bonchev–Trinajstić information content (AvgIpc) is 2.80. The van der Waals surface area contributed by atoms with Crippen LogP contribution in [0.3, 0.4) is 0 Å². The molecule has 4 rings (SSSR count). The molecule has 3 atom stereocenters. The topological polar surface area (TPSA) is 17.1 Å². The third kappa shape index (κ3) is 1.57. The second-order valence-corrected chi connectivity index (χ2v) is 7.04. The van der Waals surface area contributed by atoms with Crippen LogP contribution < -0.4 is 0 Å². The summed E-state index contributed by atoms with van der Waals surface area (Å²) >= 11 is 0. The van der Waals surface area contributed by atoms with Gasteiger partial charge in [0.1, 0.15) is 0 Å². The van der Waals surface area contributed by atoms with Crippen LogP contribution in [-0.2, 0) is 4.79 Å². The Bertz CT molecular complexity index is 534. The molecule has 0 aromatic rings. The Labute approximate surface area is 115 Å². The number of Topliss-reactive ketones (excluding diaryl/α,β-unsaturated/α-hetero) is 1. The van der Waals surface area contributed by atoms with E-state index in [4.69, 9.17) is 0 Å². The van der Waals surface area contributed by atoms with Crippen LogP contribution in [0.5, 0.6) is 0 Å². The van der Waals surface area contributed by atoms with E-state index in [1.54, 1.807) is 0 Å². The lowest BCUT2D eigenvalue weighted by Crippen LogP contribution is -2.36. The van der Waals surface area contributed by atoms with Crippen molar-refractivity contribution in [3.63, 3.8) is 0 Å². The summed E-state index contributed by atoms with van der Waals surface area (Å²) < 4.78 is 0. The Kier molecular flexibility index (Phi) is 2.43. The maximum atomic E-state index is 12.6. The zero-order valence-corrected chi connectivity index (χ0v) is 11.7. The molecule has 1 heteroatoms. The number of hydrogen-bond donors (Lipinski definition) is 0. The predicted molar refractivity (Wildman–Crippen MR) is 76.7 cm³/mol. The Balaban J connectivity index is 1.82. The molecule has 19 heavy (non-hydrogen) atoms. The predicted octanol–water partition coefficient (Wildman–Crippen LogP) is 4.36. The minimum Gasteiger partial charge on any atom is -0.294 e. The van der Waals surface area contributed by atoms with Gasteiger partial charge in [0.05, 0.1) is 0 Å².